The molecule has 1 saturated heterocycles. The summed E-state index contributed by atoms with van der Waals surface area (Å²) in [6.45, 7) is 6.91. The molecule has 0 aliphatic carbocycles. The Morgan fingerprint density at radius 1 is 1.14 bits per heavy atom. The molecule has 10 nitrogen and oxygen atoms in total. The zero-order valence-electron chi connectivity index (χ0n) is 19.9. The molecule has 0 bridgehead atoms. The number of alkyl halides is 3. The van der Waals surface area contributed by atoms with Crippen molar-refractivity contribution >= 4 is 28.2 Å². The number of rotatable bonds is 8. The Morgan fingerprint density at radius 3 is 2.53 bits per heavy atom. The van der Waals surface area contributed by atoms with Crippen LogP contribution < -0.4 is 15.0 Å². The van der Waals surface area contributed by atoms with Crippen molar-refractivity contribution in [1.29, 1.82) is 0 Å². The summed E-state index contributed by atoms with van der Waals surface area (Å²) in [7, 11) is 1.42. The van der Waals surface area contributed by atoms with E-state index >= 15 is 0 Å². The molecule has 4 rings (SSSR count). The molecule has 1 aliphatic rings. The van der Waals surface area contributed by atoms with Crippen LogP contribution in [0.4, 0.5) is 30.4 Å². The molecule has 2 aromatic heterocycles. The highest BCUT2D eigenvalue weighted by Gasteiger charge is 2.32. The number of benzene rings is 1. The number of hydrogen-bond donors (Lipinski definition) is 1. The van der Waals surface area contributed by atoms with E-state index in [-0.39, 0.29) is 24.5 Å². The fraction of sp³-hybridized carbons (Fsp3) is 0.435. The molecule has 3 heterocycles. The molecule has 0 atom stereocenters. The molecule has 0 spiro atoms. The van der Waals surface area contributed by atoms with Crippen LogP contribution in [0, 0.1) is 10.1 Å². The minimum atomic E-state index is -4.69. The third-order valence-corrected chi connectivity index (χ3v) is 6.11. The maximum absolute atomic E-state index is 13.2. The first kappa shape index (κ1) is 25.4. The van der Waals surface area contributed by atoms with Gasteiger partial charge < -0.3 is 19.9 Å². The van der Waals surface area contributed by atoms with E-state index in [0.29, 0.717) is 22.9 Å². The average Bonchev–Trinajstić information content (AvgIpc) is 2.87. The van der Waals surface area contributed by atoms with Gasteiger partial charge in [-0.25, -0.2) is 4.98 Å². The molecule has 0 unspecified atom stereocenters. The van der Waals surface area contributed by atoms with Crippen LogP contribution in [0.2, 0.25) is 0 Å². The first-order valence-electron chi connectivity index (χ1n) is 11.5. The normalized spacial score (nSPS) is 14.8. The van der Waals surface area contributed by atoms with Crippen molar-refractivity contribution in [3.05, 3.63) is 51.7 Å². The summed E-state index contributed by atoms with van der Waals surface area (Å²) < 4.78 is 44.8. The molecule has 192 valence electrons. The van der Waals surface area contributed by atoms with Crippen molar-refractivity contribution in [2.75, 3.05) is 56.6 Å². The lowest BCUT2D eigenvalue weighted by molar-refractivity contribution is -0.385. The molecule has 36 heavy (non-hydrogen) atoms. The van der Waals surface area contributed by atoms with Crippen molar-refractivity contribution in [2.45, 2.75) is 19.5 Å². The van der Waals surface area contributed by atoms with Crippen molar-refractivity contribution in [3.63, 3.8) is 0 Å². The van der Waals surface area contributed by atoms with E-state index in [1.165, 1.54) is 7.11 Å². The third kappa shape index (κ3) is 5.73. The topological polar surface area (TPSA) is 110 Å². The van der Waals surface area contributed by atoms with Crippen LogP contribution in [-0.2, 0) is 12.6 Å². The van der Waals surface area contributed by atoms with Gasteiger partial charge in [-0.3, -0.25) is 10.1 Å². The van der Waals surface area contributed by atoms with E-state index in [1.54, 1.807) is 6.20 Å². The van der Waals surface area contributed by atoms with Gasteiger partial charge in [-0.05, 0) is 30.7 Å². The van der Waals surface area contributed by atoms with Crippen LogP contribution in [-0.4, -0.2) is 71.2 Å². The average molecular weight is 506 g/mol. The largest absolute Gasteiger partial charge is 0.467 e. The van der Waals surface area contributed by atoms with Gasteiger partial charge in [0.15, 0.2) is 5.65 Å². The number of anilines is 2. The number of aromatic nitrogens is 3. The second kappa shape index (κ2) is 10.5. The number of fused-ring (bicyclic) bond motifs is 1. The SMILES string of the molecule is CCN1CCN(c2cnc3nc(OC)nc(NCCc4cc([N+](=O)[O-])cc(C(F)(F)F)c4)c3c2)CC1. The molecule has 0 amide bonds. The van der Waals surface area contributed by atoms with Crippen molar-refractivity contribution in [2.24, 2.45) is 0 Å². The van der Waals surface area contributed by atoms with Crippen molar-refractivity contribution in [3.8, 4) is 6.01 Å². The summed E-state index contributed by atoms with van der Waals surface area (Å²) in [5.74, 6) is 0.417. The number of methoxy groups -OCH3 is 1. The summed E-state index contributed by atoms with van der Waals surface area (Å²) in [5, 5.41) is 14.9. The first-order chi connectivity index (χ1) is 17.2. The van der Waals surface area contributed by atoms with Gasteiger partial charge in [0, 0.05) is 44.9 Å². The highest BCUT2D eigenvalue weighted by molar-refractivity contribution is 5.89. The standard InChI is InChI=1S/C23H26F3N7O3/c1-3-31-6-8-32(9-7-31)18-13-19-20(29-22(36-2)30-21(19)28-14-18)27-5-4-15-10-16(23(24,25)26)12-17(11-15)33(34)35/h10-14H,3-9H2,1-2H3,(H,27,28,29,30). The van der Waals surface area contributed by atoms with Crippen LogP contribution >= 0.6 is 0 Å². The Hall–Kier alpha value is -3.74. The predicted octanol–water partition coefficient (Wildman–Crippen LogP) is 3.76. The smallest absolute Gasteiger partial charge is 0.416 e. The number of halogens is 3. The maximum atomic E-state index is 13.2. The number of ether oxygens (including phenoxy) is 1. The fourth-order valence-electron chi connectivity index (χ4n) is 4.12. The van der Waals surface area contributed by atoms with Gasteiger partial charge in [-0.2, -0.15) is 23.1 Å². The quantitative estimate of drug-likeness (QED) is 0.361. The van der Waals surface area contributed by atoms with E-state index in [4.69, 9.17) is 4.74 Å². The van der Waals surface area contributed by atoms with Crippen LogP contribution in [0.5, 0.6) is 6.01 Å². The molecule has 1 fully saturated rings. The number of pyridine rings is 1. The second-order valence-electron chi connectivity index (χ2n) is 8.36. The van der Waals surface area contributed by atoms with E-state index in [9.17, 15) is 23.3 Å². The highest BCUT2D eigenvalue weighted by Crippen LogP contribution is 2.33. The van der Waals surface area contributed by atoms with Crippen LogP contribution in [0.1, 0.15) is 18.1 Å². The molecule has 1 N–H and O–H groups in total. The number of nitrogens with one attached hydrogen (secondary N) is 1. The number of likely N-dealkylation sites (N-methyl/N-ethyl adjacent to an activating group) is 1. The molecular weight excluding hydrogens is 479 g/mol. The molecule has 0 saturated carbocycles. The van der Waals surface area contributed by atoms with E-state index in [0.717, 1.165) is 50.5 Å². The zero-order chi connectivity index (χ0) is 25.9. The summed E-state index contributed by atoms with van der Waals surface area (Å²) in [5.41, 5.74) is -0.149. The molecular formula is C23H26F3N7O3. The molecule has 13 heteroatoms. The van der Waals surface area contributed by atoms with Crippen LogP contribution in [0.15, 0.2) is 30.5 Å². The minimum absolute atomic E-state index is 0.0940. The Morgan fingerprint density at radius 2 is 1.89 bits per heavy atom. The van der Waals surface area contributed by atoms with E-state index in [2.05, 4.69) is 37.0 Å². The number of hydrogen-bond acceptors (Lipinski definition) is 9. The second-order valence-corrected chi connectivity index (χ2v) is 8.36. The summed E-state index contributed by atoms with van der Waals surface area (Å²) in [6.07, 6.45) is -2.83. The zero-order valence-corrected chi connectivity index (χ0v) is 19.9. The molecule has 1 aliphatic heterocycles. The summed E-state index contributed by atoms with van der Waals surface area (Å²) in [4.78, 5) is 28.0. The van der Waals surface area contributed by atoms with Gasteiger partial charge in [-0.1, -0.05) is 6.92 Å². The Bertz CT molecular complexity index is 1250. The first-order valence-corrected chi connectivity index (χ1v) is 11.5. The number of nitro groups is 1. The maximum Gasteiger partial charge on any atom is 0.416 e. The number of piperazine rings is 1. The van der Waals surface area contributed by atoms with Crippen LogP contribution in [0.25, 0.3) is 11.0 Å². The minimum Gasteiger partial charge on any atom is -0.467 e. The molecule has 3 aromatic rings. The Labute approximate surface area is 205 Å². The van der Waals surface area contributed by atoms with E-state index in [1.807, 2.05) is 6.07 Å². The number of non-ortho nitro benzene ring substituents is 1. The lowest BCUT2D eigenvalue weighted by Gasteiger charge is -2.35. The Kier molecular flexibility index (Phi) is 7.38. The van der Waals surface area contributed by atoms with Gasteiger partial charge in [0.25, 0.3) is 5.69 Å². The number of nitrogens with zero attached hydrogens (tertiary/aromatic N) is 6. The lowest BCUT2D eigenvalue weighted by atomic mass is 10.1. The van der Waals surface area contributed by atoms with Gasteiger partial charge in [-0.15, -0.1) is 0 Å². The fourth-order valence-corrected chi connectivity index (χ4v) is 4.12. The summed E-state index contributed by atoms with van der Waals surface area (Å²) >= 11 is 0. The van der Waals surface area contributed by atoms with E-state index < -0.39 is 22.4 Å². The number of nitro benzene ring substituents is 1. The van der Waals surface area contributed by atoms with Crippen molar-refractivity contribution in [1.82, 2.24) is 19.9 Å². The van der Waals surface area contributed by atoms with Crippen LogP contribution in [0.3, 0.4) is 0 Å². The highest BCUT2D eigenvalue weighted by atomic mass is 19.4. The monoisotopic (exact) mass is 505 g/mol. The van der Waals surface area contributed by atoms with Gasteiger partial charge in [0.2, 0.25) is 0 Å². The lowest BCUT2D eigenvalue weighted by Crippen LogP contribution is -2.46. The predicted molar refractivity (Wildman–Crippen MR) is 129 cm³/mol. The van der Waals surface area contributed by atoms with Gasteiger partial charge >= 0.3 is 12.2 Å². The van der Waals surface area contributed by atoms with Gasteiger partial charge in [0.1, 0.15) is 5.82 Å². The molecule has 0 radical (unpaired) electrons. The van der Waals surface area contributed by atoms with Crippen molar-refractivity contribution < 1.29 is 22.8 Å². The summed E-state index contributed by atoms with van der Waals surface area (Å²) in [6, 6.07) is 4.62. The Balaban J connectivity index is 1.57. The third-order valence-electron chi connectivity index (χ3n) is 6.11. The molecule has 1 aromatic carbocycles. The van der Waals surface area contributed by atoms with Gasteiger partial charge in [0.05, 0.1) is 34.9 Å².